The molecule has 1 aromatic carbocycles. The van der Waals surface area contributed by atoms with Crippen molar-refractivity contribution in [1.29, 1.82) is 5.26 Å². The topological polar surface area (TPSA) is 107 Å². The Labute approximate surface area is 102 Å². The van der Waals surface area contributed by atoms with Crippen molar-refractivity contribution in [2.75, 3.05) is 11.4 Å². The van der Waals surface area contributed by atoms with Gasteiger partial charge < -0.3 is 10.0 Å². The summed E-state index contributed by atoms with van der Waals surface area (Å²) in [5, 5.41) is 29.1. The molecule has 1 saturated heterocycles. The lowest BCUT2D eigenvalue weighted by atomic mass is 10.1. The van der Waals surface area contributed by atoms with E-state index in [0.717, 1.165) is 12.1 Å². The molecule has 2 rings (SSSR count). The first-order chi connectivity index (χ1) is 8.52. The Bertz CT molecular complexity index is 564. The number of nitriles is 1. The summed E-state index contributed by atoms with van der Waals surface area (Å²) in [4.78, 5) is 22.9. The molecule has 1 unspecified atom stereocenters. The molecule has 0 aliphatic carbocycles. The highest BCUT2D eigenvalue weighted by atomic mass is 16.6. The fourth-order valence-corrected chi connectivity index (χ4v) is 1.87. The molecule has 18 heavy (non-hydrogen) atoms. The zero-order valence-corrected chi connectivity index (χ0v) is 9.24. The Hall–Kier alpha value is -2.62. The van der Waals surface area contributed by atoms with Crippen LogP contribution in [-0.2, 0) is 4.79 Å². The highest BCUT2D eigenvalue weighted by Gasteiger charge is 2.32. The third-order valence-corrected chi connectivity index (χ3v) is 2.77. The Morgan fingerprint density at radius 2 is 2.28 bits per heavy atom. The molecule has 1 amide bonds. The average Bonchev–Trinajstić information content (AvgIpc) is 2.71. The van der Waals surface area contributed by atoms with E-state index >= 15 is 0 Å². The molecule has 0 bridgehead atoms. The lowest BCUT2D eigenvalue weighted by molar-refractivity contribution is -0.384. The largest absolute Gasteiger partial charge is 0.506 e. The van der Waals surface area contributed by atoms with Gasteiger partial charge in [0, 0.05) is 25.1 Å². The summed E-state index contributed by atoms with van der Waals surface area (Å²) in [6.07, 6.45) is 0.0681. The van der Waals surface area contributed by atoms with E-state index in [4.69, 9.17) is 5.26 Å². The minimum Gasteiger partial charge on any atom is -0.506 e. The van der Waals surface area contributed by atoms with Crippen molar-refractivity contribution in [3.8, 4) is 11.8 Å². The third-order valence-electron chi connectivity index (χ3n) is 2.77. The molecular formula is C11H9N3O4. The smallest absolute Gasteiger partial charge is 0.271 e. The second-order valence-electron chi connectivity index (χ2n) is 3.96. The van der Waals surface area contributed by atoms with Crippen molar-refractivity contribution in [3.05, 3.63) is 28.3 Å². The molecule has 0 saturated carbocycles. The van der Waals surface area contributed by atoms with Gasteiger partial charge in [-0.25, -0.2) is 0 Å². The number of carbonyl (C=O) groups is 1. The number of phenolic OH excluding ortho intramolecular Hbond substituents is 1. The maximum absolute atomic E-state index is 11.7. The molecule has 7 heteroatoms. The first-order valence-electron chi connectivity index (χ1n) is 5.20. The van der Waals surface area contributed by atoms with Crippen molar-refractivity contribution in [1.82, 2.24) is 0 Å². The Balaban J connectivity index is 2.39. The van der Waals surface area contributed by atoms with E-state index in [-0.39, 0.29) is 36.0 Å². The third kappa shape index (κ3) is 1.96. The predicted octanol–water partition coefficient (Wildman–Crippen LogP) is 1.18. The normalized spacial score (nSPS) is 18.7. The molecule has 1 heterocycles. The van der Waals surface area contributed by atoms with Crippen LogP contribution in [0.3, 0.4) is 0 Å². The van der Waals surface area contributed by atoms with Crippen molar-refractivity contribution in [3.63, 3.8) is 0 Å². The van der Waals surface area contributed by atoms with Gasteiger partial charge >= 0.3 is 0 Å². The van der Waals surface area contributed by atoms with Crippen LogP contribution in [0.25, 0.3) is 0 Å². The van der Waals surface area contributed by atoms with Gasteiger partial charge in [-0.2, -0.15) is 5.26 Å². The Morgan fingerprint density at radius 3 is 2.83 bits per heavy atom. The molecule has 0 radical (unpaired) electrons. The lowest BCUT2D eigenvalue weighted by Crippen LogP contribution is -2.24. The zero-order valence-electron chi connectivity index (χ0n) is 9.24. The van der Waals surface area contributed by atoms with Crippen LogP contribution in [-0.4, -0.2) is 22.5 Å². The van der Waals surface area contributed by atoms with Crippen LogP contribution in [0, 0.1) is 27.4 Å². The average molecular weight is 247 g/mol. The quantitative estimate of drug-likeness (QED) is 0.623. The Morgan fingerprint density at radius 1 is 1.56 bits per heavy atom. The van der Waals surface area contributed by atoms with Gasteiger partial charge in [0.15, 0.2) is 0 Å². The van der Waals surface area contributed by atoms with Crippen LogP contribution >= 0.6 is 0 Å². The molecular weight excluding hydrogens is 238 g/mol. The van der Waals surface area contributed by atoms with Gasteiger partial charge in [-0.15, -0.1) is 0 Å². The van der Waals surface area contributed by atoms with E-state index in [1.807, 2.05) is 6.07 Å². The lowest BCUT2D eigenvalue weighted by Gasteiger charge is -2.16. The van der Waals surface area contributed by atoms with Crippen LogP contribution in [0.5, 0.6) is 5.75 Å². The maximum Gasteiger partial charge on any atom is 0.271 e. The van der Waals surface area contributed by atoms with Gasteiger partial charge in [0.1, 0.15) is 5.75 Å². The molecule has 1 aromatic rings. The van der Waals surface area contributed by atoms with Gasteiger partial charge in [-0.05, 0) is 6.07 Å². The van der Waals surface area contributed by atoms with Crippen molar-refractivity contribution in [2.24, 2.45) is 5.92 Å². The number of carbonyl (C=O) groups excluding carboxylic acids is 1. The number of rotatable bonds is 2. The van der Waals surface area contributed by atoms with Crippen molar-refractivity contribution in [2.45, 2.75) is 6.42 Å². The molecule has 0 aromatic heterocycles. The number of nitrogens with zero attached hydrogens (tertiary/aromatic N) is 3. The van der Waals surface area contributed by atoms with Crippen LogP contribution in [0.1, 0.15) is 6.42 Å². The van der Waals surface area contributed by atoms with E-state index in [2.05, 4.69) is 0 Å². The number of hydrogen-bond acceptors (Lipinski definition) is 5. The fraction of sp³-hybridized carbons (Fsp3) is 0.273. The number of amides is 1. The summed E-state index contributed by atoms with van der Waals surface area (Å²) < 4.78 is 0. The summed E-state index contributed by atoms with van der Waals surface area (Å²) in [5.74, 6) is -0.985. The van der Waals surface area contributed by atoms with Gasteiger partial charge in [-0.1, -0.05) is 0 Å². The SMILES string of the molecule is N#CC1CC(=O)N(c2cc([N+](=O)[O-])ccc2O)C1. The van der Waals surface area contributed by atoms with Crippen LogP contribution in [0.4, 0.5) is 11.4 Å². The molecule has 7 nitrogen and oxygen atoms in total. The van der Waals surface area contributed by atoms with E-state index in [0.29, 0.717) is 0 Å². The number of hydrogen-bond donors (Lipinski definition) is 1. The fourth-order valence-electron chi connectivity index (χ4n) is 1.87. The van der Waals surface area contributed by atoms with E-state index in [1.54, 1.807) is 0 Å². The number of non-ortho nitro benzene ring substituents is 1. The zero-order chi connectivity index (χ0) is 13.3. The van der Waals surface area contributed by atoms with E-state index < -0.39 is 10.8 Å². The number of anilines is 1. The molecule has 1 fully saturated rings. The maximum atomic E-state index is 11.7. The van der Waals surface area contributed by atoms with Crippen LogP contribution in [0.2, 0.25) is 0 Å². The second-order valence-corrected chi connectivity index (χ2v) is 3.96. The minimum absolute atomic E-state index is 0.0681. The minimum atomic E-state index is -0.606. The summed E-state index contributed by atoms with van der Waals surface area (Å²) in [6.45, 7) is 0.143. The second kappa shape index (κ2) is 4.33. The number of nitro groups is 1. The van der Waals surface area contributed by atoms with E-state index in [9.17, 15) is 20.0 Å². The van der Waals surface area contributed by atoms with Crippen LogP contribution < -0.4 is 4.90 Å². The Kier molecular flexibility index (Phi) is 2.85. The van der Waals surface area contributed by atoms with Crippen LogP contribution in [0.15, 0.2) is 18.2 Å². The summed E-state index contributed by atoms with van der Waals surface area (Å²) >= 11 is 0. The molecule has 1 aliphatic rings. The monoisotopic (exact) mass is 247 g/mol. The highest BCUT2D eigenvalue weighted by Crippen LogP contribution is 2.34. The van der Waals surface area contributed by atoms with Gasteiger partial charge in [0.25, 0.3) is 5.69 Å². The molecule has 92 valence electrons. The number of benzene rings is 1. The van der Waals surface area contributed by atoms with E-state index in [1.165, 1.54) is 11.0 Å². The van der Waals surface area contributed by atoms with Crippen molar-refractivity contribution < 1.29 is 14.8 Å². The van der Waals surface area contributed by atoms with Gasteiger partial charge in [0.2, 0.25) is 5.91 Å². The standard InChI is InChI=1S/C11H9N3O4/c12-5-7-3-11(16)13(6-7)9-4-8(14(17)18)1-2-10(9)15/h1-2,4,7,15H,3,6H2. The van der Waals surface area contributed by atoms with Gasteiger partial charge in [0.05, 0.1) is 22.6 Å². The summed E-state index contributed by atoms with van der Waals surface area (Å²) in [6, 6.07) is 5.43. The summed E-state index contributed by atoms with van der Waals surface area (Å²) in [7, 11) is 0. The molecule has 0 spiro atoms. The number of phenols is 1. The molecule has 1 atom stereocenters. The predicted molar refractivity (Wildman–Crippen MR) is 60.8 cm³/mol. The van der Waals surface area contributed by atoms with Crippen molar-refractivity contribution >= 4 is 17.3 Å². The van der Waals surface area contributed by atoms with Gasteiger partial charge in [-0.3, -0.25) is 14.9 Å². The molecule has 1 N–H and O–H groups in total. The highest BCUT2D eigenvalue weighted by molar-refractivity contribution is 5.97. The number of nitro benzene ring substituents is 1. The first kappa shape index (κ1) is 11.9. The number of aromatic hydroxyl groups is 1. The molecule has 1 aliphatic heterocycles. The first-order valence-corrected chi connectivity index (χ1v) is 5.20. The summed E-state index contributed by atoms with van der Waals surface area (Å²) in [5.41, 5.74) is -0.136.